The molecule has 0 spiro atoms. The van der Waals surface area contributed by atoms with Gasteiger partial charge in [-0.25, -0.2) is 0 Å². The molecule has 1 aromatic rings. The Labute approximate surface area is 116 Å². The van der Waals surface area contributed by atoms with Crippen LogP contribution in [0, 0.1) is 5.92 Å². The number of halogens is 2. The molecular weight excluding hydrogens is 268 g/mol. The summed E-state index contributed by atoms with van der Waals surface area (Å²) in [6.07, 6.45) is 0.820. The Morgan fingerprint density at radius 3 is 2.55 bits per heavy atom. The van der Waals surface area contributed by atoms with Gasteiger partial charge in [-0.1, -0.05) is 19.1 Å². The molecule has 0 heterocycles. The zero-order valence-corrected chi connectivity index (χ0v) is 11.3. The van der Waals surface area contributed by atoms with Gasteiger partial charge in [-0.05, 0) is 30.0 Å². The summed E-state index contributed by atoms with van der Waals surface area (Å²) in [7, 11) is 0. The van der Waals surface area contributed by atoms with Crippen molar-refractivity contribution in [1.29, 1.82) is 0 Å². The summed E-state index contributed by atoms with van der Waals surface area (Å²) < 4.78 is 28.2. The first kappa shape index (κ1) is 16.4. The van der Waals surface area contributed by atoms with E-state index < -0.39 is 6.61 Å². The van der Waals surface area contributed by atoms with Crippen molar-refractivity contribution in [3.8, 4) is 5.75 Å². The van der Waals surface area contributed by atoms with E-state index in [1.807, 2.05) is 6.92 Å². The topological polar surface area (TPSA) is 58.6 Å². The number of carbonyl (C=O) groups excluding carboxylic acids is 1. The highest BCUT2D eigenvalue weighted by molar-refractivity contribution is 5.78. The standard InChI is InChI=1S/C14H19F2NO3/c1-10(6-7-18)9-17-13(19)8-11-2-4-12(5-3-11)20-14(15)16/h2-5,10,14,18H,6-9H2,1H3,(H,17,19). The van der Waals surface area contributed by atoms with Gasteiger partial charge in [-0.2, -0.15) is 8.78 Å². The Balaban J connectivity index is 2.38. The number of benzene rings is 1. The Morgan fingerprint density at radius 1 is 1.35 bits per heavy atom. The Hall–Kier alpha value is -1.69. The van der Waals surface area contributed by atoms with E-state index in [4.69, 9.17) is 5.11 Å². The van der Waals surface area contributed by atoms with Crippen molar-refractivity contribution in [2.75, 3.05) is 13.2 Å². The van der Waals surface area contributed by atoms with Crippen molar-refractivity contribution >= 4 is 5.91 Å². The van der Waals surface area contributed by atoms with Gasteiger partial charge in [0.05, 0.1) is 6.42 Å². The van der Waals surface area contributed by atoms with Gasteiger partial charge in [0.2, 0.25) is 5.91 Å². The second kappa shape index (κ2) is 8.47. The van der Waals surface area contributed by atoms with Crippen LogP contribution >= 0.6 is 0 Å². The maximum Gasteiger partial charge on any atom is 0.387 e. The van der Waals surface area contributed by atoms with Crippen LogP contribution in [0.5, 0.6) is 5.75 Å². The molecule has 0 aliphatic heterocycles. The lowest BCUT2D eigenvalue weighted by atomic mass is 10.1. The highest BCUT2D eigenvalue weighted by Gasteiger charge is 2.07. The van der Waals surface area contributed by atoms with E-state index in [1.165, 1.54) is 12.1 Å². The van der Waals surface area contributed by atoms with Crippen LogP contribution in [0.25, 0.3) is 0 Å². The fourth-order valence-corrected chi connectivity index (χ4v) is 1.65. The number of rotatable bonds is 8. The van der Waals surface area contributed by atoms with Crippen LogP contribution in [0.15, 0.2) is 24.3 Å². The van der Waals surface area contributed by atoms with E-state index in [0.29, 0.717) is 13.0 Å². The fourth-order valence-electron chi connectivity index (χ4n) is 1.65. The van der Waals surface area contributed by atoms with Crippen molar-refractivity contribution in [2.24, 2.45) is 5.92 Å². The van der Waals surface area contributed by atoms with Gasteiger partial charge in [-0.15, -0.1) is 0 Å². The predicted octanol–water partition coefficient (Wildman–Crippen LogP) is 1.97. The molecule has 0 bridgehead atoms. The molecule has 6 heteroatoms. The van der Waals surface area contributed by atoms with Crippen LogP contribution in [0.4, 0.5) is 8.78 Å². The summed E-state index contributed by atoms with van der Waals surface area (Å²) in [5.41, 5.74) is 0.721. The minimum absolute atomic E-state index is 0.0701. The highest BCUT2D eigenvalue weighted by atomic mass is 19.3. The molecule has 0 radical (unpaired) electrons. The van der Waals surface area contributed by atoms with Gasteiger partial charge >= 0.3 is 6.61 Å². The van der Waals surface area contributed by atoms with E-state index in [2.05, 4.69) is 10.1 Å². The summed E-state index contributed by atoms with van der Waals surface area (Å²) in [5, 5.41) is 11.5. The van der Waals surface area contributed by atoms with E-state index in [9.17, 15) is 13.6 Å². The van der Waals surface area contributed by atoms with Crippen LogP contribution in [0.3, 0.4) is 0 Å². The largest absolute Gasteiger partial charge is 0.435 e. The van der Waals surface area contributed by atoms with E-state index in [1.54, 1.807) is 12.1 Å². The number of hydrogen-bond acceptors (Lipinski definition) is 3. The summed E-state index contributed by atoms with van der Waals surface area (Å²) in [6.45, 7) is -0.307. The molecule has 0 fully saturated rings. The smallest absolute Gasteiger partial charge is 0.387 e. The van der Waals surface area contributed by atoms with Gasteiger partial charge in [0.25, 0.3) is 0 Å². The second-order valence-corrected chi connectivity index (χ2v) is 4.62. The minimum atomic E-state index is -2.85. The molecule has 4 nitrogen and oxygen atoms in total. The number of alkyl halides is 2. The SMILES string of the molecule is CC(CCO)CNC(=O)Cc1ccc(OC(F)F)cc1. The molecule has 1 atom stereocenters. The minimum Gasteiger partial charge on any atom is -0.435 e. The number of nitrogens with one attached hydrogen (secondary N) is 1. The Bertz CT molecular complexity index is 409. The van der Waals surface area contributed by atoms with Crippen LogP contribution < -0.4 is 10.1 Å². The molecule has 112 valence electrons. The third kappa shape index (κ3) is 6.47. The van der Waals surface area contributed by atoms with Crippen molar-refractivity contribution in [2.45, 2.75) is 26.4 Å². The van der Waals surface area contributed by atoms with Gasteiger partial charge < -0.3 is 15.2 Å². The number of ether oxygens (including phenoxy) is 1. The van der Waals surface area contributed by atoms with E-state index >= 15 is 0 Å². The van der Waals surface area contributed by atoms with Gasteiger partial charge in [0.15, 0.2) is 0 Å². The molecule has 1 aromatic carbocycles. The highest BCUT2D eigenvalue weighted by Crippen LogP contribution is 2.15. The molecular formula is C14H19F2NO3. The fraction of sp³-hybridized carbons (Fsp3) is 0.500. The van der Waals surface area contributed by atoms with Crippen LogP contribution in [-0.4, -0.2) is 30.8 Å². The Morgan fingerprint density at radius 2 is 2.00 bits per heavy atom. The lowest BCUT2D eigenvalue weighted by Gasteiger charge is -2.11. The average molecular weight is 287 g/mol. The quantitative estimate of drug-likeness (QED) is 0.768. The van der Waals surface area contributed by atoms with Gasteiger partial charge in [-0.3, -0.25) is 4.79 Å². The maximum atomic E-state index is 12.0. The molecule has 0 aliphatic carbocycles. The van der Waals surface area contributed by atoms with Crippen LogP contribution in [0.2, 0.25) is 0 Å². The first-order valence-electron chi connectivity index (χ1n) is 6.42. The first-order valence-corrected chi connectivity index (χ1v) is 6.42. The number of amides is 1. The average Bonchev–Trinajstić information content (AvgIpc) is 2.38. The predicted molar refractivity (Wildman–Crippen MR) is 70.7 cm³/mol. The second-order valence-electron chi connectivity index (χ2n) is 4.62. The molecule has 0 aliphatic rings. The third-order valence-corrected chi connectivity index (χ3v) is 2.78. The summed E-state index contributed by atoms with van der Waals surface area (Å²) in [5.74, 6) is 0.142. The summed E-state index contributed by atoms with van der Waals surface area (Å²) >= 11 is 0. The van der Waals surface area contributed by atoms with Crippen molar-refractivity contribution < 1.29 is 23.4 Å². The van der Waals surface area contributed by atoms with Gasteiger partial charge in [0.1, 0.15) is 5.75 Å². The molecule has 20 heavy (non-hydrogen) atoms. The number of carbonyl (C=O) groups is 1. The number of aliphatic hydroxyl groups is 1. The van der Waals surface area contributed by atoms with Crippen LogP contribution in [0.1, 0.15) is 18.9 Å². The number of hydrogen-bond donors (Lipinski definition) is 2. The lowest BCUT2D eigenvalue weighted by molar-refractivity contribution is -0.120. The molecule has 0 saturated carbocycles. The molecule has 0 saturated heterocycles. The van der Waals surface area contributed by atoms with Crippen molar-refractivity contribution in [3.05, 3.63) is 29.8 Å². The number of aliphatic hydroxyl groups excluding tert-OH is 1. The molecule has 1 unspecified atom stereocenters. The summed E-state index contributed by atoms with van der Waals surface area (Å²) in [4.78, 5) is 11.7. The molecule has 2 N–H and O–H groups in total. The molecule has 0 aromatic heterocycles. The van der Waals surface area contributed by atoms with Gasteiger partial charge in [0, 0.05) is 13.2 Å². The maximum absolute atomic E-state index is 12.0. The molecule has 1 rings (SSSR count). The first-order chi connectivity index (χ1) is 9.51. The normalized spacial score (nSPS) is 12.2. The lowest BCUT2D eigenvalue weighted by Crippen LogP contribution is -2.29. The zero-order valence-electron chi connectivity index (χ0n) is 11.3. The monoisotopic (exact) mass is 287 g/mol. The van der Waals surface area contributed by atoms with Crippen LogP contribution in [-0.2, 0) is 11.2 Å². The van der Waals surface area contributed by atoms with E-state index in [0.717, 1.165) is 5.56 Å². The van der Waals surface area contributed by atoms with Crippen molar-refractivity contribution in [3.63, 3.8) is 0 Å². The Kier molecular flexibility index (Phi) is 6.93. The summed E-state index contributed by atoms with van der Waals surface area (Å²) in [6, 6.07) is 5.97. The molecule has 1 amide bonds. The van der Waals surface area contributed by atoms with Crippen molar-refractivity contribution in [1.82, 2.24) is 5.32 Å². The van der Waals surface area contributed by atoms with E-state index in [-0.39, 0.29) is 30.6 Å². The third-order valence-electron chi connectivity index (χ3n) is 2.78. The zero-order chi connectivity index (χ0) is 15.0.